The average Bonchev–Trinajstić information content (AvgIpc) is 3.22. The molecule has 0 unspecified atom stereocenters. The van der Waals surface area contributed by atoms with Gasteiger partial charge in [0.15, 0.2) is 5.96 Å². The molecule has 0 atom stereocenters. The fourth-order valence-electron chi connectivity index (χ4n) is 2.98. The summed E-state index contributed by atoms with van der Waals surface area (Å²) in [4.78, 5) is 6.63. The lowest BCUT2D eigenvalue weighted by Gasteiger charge is -2.18. The molecule has 0 radical (unpaired) electrons. The van der Waals surface area contributed by atoms with E-state index in [1.165, 1.54) is 5.56 Å². The van der Waals surface area contributed by atoms with Crippen LogP contribution < -0.4 is 15.4 Å². The van der Waals surface area contributed by atoms with Gasteiger partial charge in [0, 0.05) is 39.6 Å². The van der Waals surface area contributed by atoms with Gasteiger partial charge in [0.25, 0.3) is 0 Å². The van der Waals surface area contributed by atoms with Crippen LogP contribution in [0.4, 0.5) is 0 Å². The quantitative estimate of drug-likeness (QED) is 0.250. The number of ether oxygens (including phenoxy) is 1. The number of guanidine groups is 1. The maximum atomic E-state index is 5.84. The second kappa shape index (κ2) is 15.0. The maximum Gasteiger partial charge on any atom is 0.191 e. The monoisotopic (exact) mass is 529 g/mol. The predicted molar refractivity (Wildman–Crippen MR) is 133 cm³/mol. The van der Waals surface area contributed by atoms with E-state index in [0.29, 0.717) is 13.2 Å². The molecule has 0 aliphatic rings. The molecule has 0 bridgehead atoms. The molecule has 2 N–H and O–H groups in total. The Hall–Kier alpha value is -1.88. The van der Waals surface area contributed by atoms with Gasteiger partial charge >= 0.3 is 0 Å². The van der Waals surface area contributed by atoms with Gasteiger partial charge in [-0.25, -0.2) is 0 Å². The highest BCUT2D eigenvalue weighted by atomic mass is 127. The lowest BCUT2D eigenvalue weighted by atomic mass is 10.2. The number of halogens is 1. The average molecular weight is 529 g/mol. The van der Waals surface area contributed by atoms with Gasteiger partial charge in [-0.3, -0.25) is 4.99 Å². The smallest absolute Gasteiger partial charge is 0.191 e. The third-order valence-corrected chi connectivity index (χ3v) is 4.83. The highest BCUT2D eigenvalue weighted by Gasteiger charge is 2.03. The van der Waals surface area contributed by atoms with Gasteiger partial charge in [-0.2, -0.15) is 0 Å². The second-order valence-corrected chi connectivity index (χ2v) is 6.67. The van der Waals surface area contributed by atoms with Gasteiger partial charge in [-0.1, -0.05) is 32.9 Å². The number of hydrogen-bond donors (Lipinski definition) is 2. The van der Waals surface area contributed by atoms with E-state index in [-0.39, 0.29) is 24.0 Å². The fraction of sp³-hybridized carbons (Fsp3) is 0.571. The van der Waals surface area contributed by atoms with Gasteiger partial charge in [0.1, 0.15) is 24.5 Å². The molecule has 1 aromatic heterocycles. The van der Waals surface area contributed by atoms with Gasteiger partial charge in [-0.15, -0.1) is 34.2 Å². The molecule has 1 heterocycles. The molecular formula is C21H36IN7O. The first-order valence-corrected chi connectivity index (χ1v) is 10.4. The third kappa shape index (κ3) is 8.86. The predicted octanol–water partition coefficient (Wildman–Crippen LogP) is 2.54. The Morgan fingerprint density at radius 1 is 1.13 bits per heavy atom. The Balaban J connectivity index is 0.00000450. The zero-order valence-electron chi connectivity index (χ0n) is 18.6. The molecule has 8 nitrogen and oxygen atoms in total. The summed E-state index contributed by atoms with van der Waals surface area (Å²) in [6.07, 6.45) is 2.64. The molecule has 2 aromatic rings. The summed E-state index contributed by atoms with van der Waals surface area (Å²) in [5, 5.41) is 14.7. The normalized spacial score (nSPS) is 11.3. The zero-order chi connectivity index (χ0) is 20.9. The molecule has 2 rings (SSSR count). The van der Waals surface area contributed by atoms with Crippen molar-refractivity contribution >= 4 is 29.9 Å². The first-order chi connectivity index (χ1) is 14.2. The minimum Gasteiger partial charge on any atom is -0.492 e. The highest BCUT2D eigenvalue weighted by molar-refractivity contribution is 14.0. The van der Waals surface area contributed by atoms with Crippen molar-refractivity contribution in [1.29, 1.82) is 0 Å². The number of nitrogens with zero attached hydrogens (tertiary/aromatic N) is 5. The summed E-state index contributed by atoms with van der Waals surface area (Å²) in [6, 6.07) is 8.21. The van der Waals surface area contributed by atoms with E-state index >= 15 is 0 Å². The number of aryl methyl sites for hydroxylation is 1. The Bertz CT molecular complexity index is 729. The molecule has 0 aliphatic carbocycles. The number of aromatic nitrogens is 3. The lowest BCUT2D eigenvalue weighted by Crippen LogP contribution is -2.38. The van der Waals surface area contributed by atoms with Gasteiger partial charge in [0.2, 0.25) is 0 Å². The molecule has 0 aliphatic heterocycles. The molecule has 0 amide bonds. The van der Waals surface area contributed by atoms with Crippen molar-refractivity contribution in [2.75, 3.05) is 39.8 Å². The van der Waals surface area contributed by atoms with Crippen LogP contribution >= 0.6 is 24.0 Å². The first kappa shape index (κ1) is 26.2. The third-order valence-electron chi connectivity index (χ3n) is 4.83. The Morgan fingerprint density at radius 2 is 1.87 bits per heavy atom. The van der Waals surface area contributed by atoms with Crippen molar-refractivity contribution in [3.63, 3.8) is 0 Å². The van der Waals surface area contributed by atoms with Crippen molar-refractivity contribution in [1.82, 2.24) is 30.3 Å². The number of hydrogen-bond acceptors (Lipinski definition) is 5. The summed E-state index contributed by atoms with van der Waals surface area (Å²) in [6.45, 7) is 12.5. The molecule has 30 heavy (non-hydrogen) atoms. The van der Waals surface area contributed by atoms with E-state index in [4.69, 9.17) is 4.74 Å². The van der Waals surface area contributed by atoms with Crippen LogP contribution in [-0.2, 0) is 19.5 Å². The Kier molecular flexibility index (Phi) is 13.1. The van der Waals surface area contributed by atoms with Crippen LogP contribution in [0.3, 0.4) is 0 Å². The van der Waals surface area contributed by atoms with E-state index < -0.39 is 0 Å². The molecule has 1 aromatic carbocycles. The topological polar surface area (TPSA) is 79.6 Å². The number of rotatable bonds is 12. The van der Waals surface area contributed by atoms with Crippen molar-refractivity contribution < 1.29 is 4.74 Å². The summed E-state index contributed by atoms with van der Waals surface area (Å²) < 4.78 is 7.89. The summed E-state index contributed by atoms with van der Waals surface area (Å²) in [5.41, 5.74) is 1.18. The largest absolute Gasteiger partial charge is 0.492 e. The van der Waals surface area contributed by atoms with E-state index in [0.717, 1.165) is 56.7 Å². The van der Waals surface area contributed by atoms with Crippen LogP contribution in [0.2, 0.25) is 0 Å². The van der Waals surface area contributed by atoms with Crippen LogP contribution in [0.1, 0.15) is 32.2 Å². The van der Waals surface area contributed by atoms with E-state index in [1.54, 1.807) is 13.4 Å². The molecule has 168 valence electrons. The zero-order valence-corrected chi connectivity index (χ0v) is 20.9. The fourth-order valence-corrected chi connectivity index (χ4v) is 2.98. The molecule has 0 fully saturated rings. The first-order valence-electron chi connectivity index (χ1n) is 10.4. The van der Waals surface area contributed by atoms with Crippen LogP contribution in [-0.4, -0.2) is 65.5 Å². The SMILES string of the molecule is CCc1nncn1CCNC(=NC)NCc1ccc(OCCN(CC)CC)cc1.I. The Labute approximate surface area is 197 Å². The van der Waals surface area contributed by atoms with Crippen LogP contribution in [0.15, 0.2) is 35.6 Å². The molecule has 9 heteroatoms. The standard InChI is InChI=1S/C21H35N7O.HI/c1-5-20-26-25-17-28(20)13-12-23-21(22-4)24-16-18-8-10-19(11-9-18)29-15-14-27(6-2)7-3;/h8-11,17H,5-7,12-16H2,1-4H3,(H2,22,23,24);1H. The lowest BCUT2D eigenvalue weighted by molar-refractivity contribution is 0.223. The van der Waals surface area contributed by atoms with E-state index in [9.17, 15) is 0 Å². The molecular weight excluding hydrogens is 493 g/mol. The second-order valence-electron chi connectivity index (χ2n) is 6.67. The number of benzene rings is 1. The van der Waals surface area contributed by atoms with Crippen molar-refractivity contribution in [3.8, 4) is 5.75 Å². The highest BCUT2D eigenvalue weighted by Crippen LogP contribution is 2.12. The number of nitrogens with one attached hydrogen (secondary N) is 2. The molecule has 0 saturated heterocycles. The van der Waals surface area contributed by atoms with E-state index in [1.807, 2.05) is 12.1 Å². The van der Waals surface area contributed by atoms with E-state index in [2.05, 4.69) is 68.2 Å². The molecule has 0 spiro atoms. The van der Waals surface area contributed by atoms with Crippen LogP contribution in [0.25, 0.3) is 0 Å². The van der Waals surface area contributed by atoms with Crippen LogP contribution in [0, 0.1) is 0 Å². The Morgan fingerprint density at radius 3 is 2.50 bits per heavy atom. The summed E-state index contributed by atoms with van der Waals surface area (Å²) >= 11 is 0. The van der Waals surface area contributed by atoms with Crippen LogP contribution in [0.5, 0.6) is 5.75 Å². The minimum atomic E-state index is 0. The maximum absolute atomic E-state index is 5.84. The minimum absolute atomic E-state index is 0. The summed E-state index contributed by atoms with van der Waals surface area (Å²) in [7, 11) is 1.78. The summed E-state index contributed by atoms with van der Waals surface area (Å²) in [5.74, 6) is 2.67. The van der Waals surface area contributed by atoms with Gasteiger partial charge in [0.05, 0.1) is 0 Å². The van der Waals surface area contributed by atoms with Gasteiger partial charge < -0.3 is 24.8 Å². The van der Waals surface area contributed by atoms with Crippen molar-refractivity contribution in [3.05, 3.63) is 42.0 Å². The van der Waals surface area contributed by atoms with Crippen molar-refractivity contribution in [2.45, 2.75) is 40.3 Å². The molecule has 0 saturated carbocycles. The van der Waals surface area contributed by atoms with Gasteiger partial charge in [-0.05, 0) is 30.8 Å². The van der Waals surface area contributed by atoms with Crippen molar-refractivity contribution in [2.24, 2.45) is 4.99 Å². The number of aliphatic imine (C=N–C) groups is 1. The number of likely N-dealkylation sites (N-methyl/N-ethyl adjacent to an activating group) is 1.